The average Bonchev–Trinajstić information content (AvgIpc) is 2.72. The molecule has 126 valence electrons. The van der Waals surface area contributed by atoms with E-state index in [1.165, 1.54) is 6.92 Å². The Labute approximate surface area is 131 Å². The Hall–Kier alpha value is -1.44. The van der Waals surface area contributed by atoms with Crippen molar-refractivity contribution >= 4 is 15.7 Å². The van der Waals surface area contributed by atoms with E-state index in [0.29, 0.717) is 5.89 Å². The number of nitrogens with zero attached hydrogens (tertiary/aromatic N) is 2. The highest BCUT2D eigenvalue weighted by atomic mass is 32.2. The van der Waals surface area contributed by atoms with Gasteiger partial charge in [0.2, 0.25) is 11.8 Å². The first-order valence-corrected chi connectivity index (χ1v) is 8.80. The molecule has 1 aromatic heterocycles. The van der Waals surface area contributed by atoms with Gasteiger partial charge in [-0.15, -0.1) is 0 Å². The first kappa shape index (κ1) is 18.6. The molecule has 0 saturated carbocycles. The Morgan fingerprint density at radius 2 is 1.77 bits per heavy atom. The molecule has 0 bridgehead atoms. The van der Waals surface area contributed by atoms with Crippen LogP contribution in [-0.2, 0) is 25.8 Å². The van der Waals surface area contributed by atoms with E-state index in [4.69, 9.17) is 4.52 Å². The number of amides is 1. The summed E-state index contributed by atoms with van der Waals surface area (Å²) in [6.45, 7) is 12.4. The molecule has 1 atom stereocenters. The average molecular weight is 331 g/mol. The van der Waals surface area contributed by atoms with E-state index >= 15 is 0 Å². The zero-order valence-electron chi connectivity index (χ0n) is 14.2. The fourth-order valence-electron chi connectivity index (χ4n) is 1.56. The zero-order valence-corrected chi connectivity index (χ0v) is 15.0. The van der Waals surface area contributed by atoms with Gasteiger partial charge in [-0.25, -0.2) is 8.42 Å². The third kappa shape index (κ3) is 5.08. The minimum absolute atomic E-state index is 0.0698. The SMILES string of the molecule is C[C@@H](C(=O)NC(C)(C)C)S(=O)(=O)Cc1noc(C(C)(C)C)n1. The molecule has 0 aliphatic carbocycles. The van der Waals surface area contributed by atoms with Gasteiger partial charge in [-0.2, -0.15) is 4.98 Å². The van der Waals surface area contributed by atoms with E-state index in [9.17, 15) is 13.2 Å². The Balaban J connectivity index is 2.87. The topological polar surface area (TPSA) is 102 Å². The maximum atomic E-state index is 12.3. The molecule has 8 heteroatoms. The van der Waals surface area contributed by atoms with Crippen LogP contribution in [0, 0.1) is 0 Å². The van der Waals surface area contributed by atoms with Crippen molar-refractivity contribution in [1.82, 2.24) is 15.5 Å². The summed E-state index contributed by atoms with van der Waals surface area (Å²) >= 11 is 0. The summed E-state index contributed by atoms with van der Waals surface area (Å²) in [5.41, 5.74) is -0.851. The molecule has 0 saturated heterocycles. The smallest absolute Gasteiger partial charge is 0.238 e. The van der Waals surface area contributed by atoms with E-state index in [1.54, 1.807) is 20.8 Å². The van der Waals surface area contributed by atoms with Crippen molar-refractivity contribution in [3.63, 3.8) is 0 Å². The van der Waals surface area contributed by atoms with Crippen LogP contribution in [0.15, 0.2) is 4.52 Å². The second-order valence-corrected chi connectivity index (χ2v) is 9.78. The molecule has 0 aliphatic rings. The Kier molecular flexibility index (Phi) is 5.06. The molecule has 1 N–H and O–H groups in total. The standard InChI is InChI=1S/C14H25N3O4S/c1-9(11(18)16-14(5,6)7)22(19,20)8-10-15-12(21-17-10)13(2,3)4/h9H,8H2,1-7H3,(H,16,18)/t9-/m0/s1. The van der Waals surface area contributed by atoms with Crippen molar-refractivity contribution < 1.29 is 17.7 Å². The van der Waals surface area contributed by atoms with Gasteiger partial charge in [-0.1, -0.05) is 25.9 Å². The van der Waals surface area contributed by atoms with Crippen LogP contribution >= 0.6 is 0 Å². The second-order valence-electron chi connectivity index (χ2n) is 7.45. The Morgan fingerprint density at radius 1 is 1.23 bits per heavy atom. The molecule has 0 aromatic carbocycles. The van der Waals surface area contributed by atoms with Gasteiger partial charge in [0.25, 0.3) is 0 Å². The number of sulfone groups is 1. The van der Waals surface area contributed by atoms with Gasteiger partial charge in [0, 0.05) is 11.0 Å². The molecule has 7 nitrogen and oxygen atoms in total. The molecule has 0 spiro atoms. The third-order valence-corrected chi connectivity index (χ3v) is 4.80. The summed E-state index contributed by atoms with van der Waals surface area (Å²) in [4.78, 5) is 16.1. The van der Waals surface area contributed by atoms with Crippen molar-refractivity contribution in [1.29, 1.82) is 0 Å². The number of aromatic nitrogens is 2. The minimum Gasteiger partial charge on any atom is -0.350 e. The maximum Gasteiger partial charge on any atom is 0.238 e. The van der Waals surface area contributed by atoms with E-state index in [0.717, 1.165) is 0 Å². The molecule has 0 unspecified atom stereocenters. The van der Waals surface area contributed by atoms with Gasteiger partial charge in [0.1, 0.15) is 11.0 Å². The number of nitrogens with one attached hydrogen (secondary N) is 1. The van der Waals surface area contributed by atoms with E-state index < -0.39 is 32.3 Å². The lowest BCUT2D eigenvalue weighted by Gasteiger charge is -2.23. The van der Waals surface area contributed by atoms with Gasteiger partial charge < -0.3 is 9.84 Å². The molecule has 0 radical (unpaired) electrons. The van der Waals surface area contributed by atoms with E-state index in [2.05, 4.69) is 15.5 Å². The highest BCUT2D eigenvalue weighted by Crippen LogP contribution is 2.20. The summed E-state index contributed by atoms with van der Waals surface area (Å²) in [6, 6.07) is 0. The summed E-state index contributed by atoms with van der Waals surface area (Å²) in [5, 5.41) is 5.17. The van der Waals surface area contributed by atoms with Gasteiger partial charge in [-0.05, 0) is 27.7 Å². The molecule has 1 heterocycles. The van der Waals surface area contributed by atoms with Crippen LogP contribution in [-0.4, -0.2) is 35.3 Å². The predicted octanol–water partition coefficient (Wildman–Crippen LogP) is 1.59. The van der Waals surface area contributed by atoms with E-state index in [1.807, 2.05) is 20.8 Å². The molecule has 0 aliphatic heterocycles. The summed E-state index contributed by atoms with van der Waals surface area (Å²) in [6.07, 6.45) is 0. The van der Waals surface area contributed by atoms with Crippen molar-refractivity contribution in [3.05, 3.63) is 11.7 Å². The van der Waals surface area contributed by atoms with Crippen molar-refractivity contribution in [2.24, 2.45) is 0 Å². The molecule has 1 aromatic rings. The molecule has 1 amide bonds. The molecular formula is C14H25N3O4S. The summed E-state index contributed by atoms with van der Waals surface area (Å²) < 4.78 is 29.7. The number of carbonyl (C=O) groups is 1. The predicted molar refractivity (Wildman–Crippen MR) is 83.0 cm³/mol. The zero-order chi connectivity index (χ0) is 17.3. The van der Waals surface area contributed by atoms with Gasteiger partial charge >= 0.3 is 0 Å². The van der Waals surface area contributed by atoms with Crippen LogP contribution in [0.3, 0.4) is 0 Å². The van der Waals surface area contributed by atoms with Crippen molar-refractivity contribution in [3.8, 4) is 0 Å². The molecule has 1 rings (SSSR count). The maximum absolute atomic E-state index is 12.3. The fraction of sp³-hybridized carbons (Fsp3) is 0.786. The quantitative estimate of drug-likeness (QED) is 0.898. The lowest BCUT2D eigenvalue weighted by molar-refractivity contribution is -0.121. The van der Waals surface area contributed by atoms with Crippen LogP contribution in [0.25, 0.3) is 0 Å². The normalized spacial score (nSPS) is 14.7. The van der Waals surface area contributed by atoms with Gasteiger partial charge in [-0.3, -0.25) is 4.79 Å². The lowest BCUT2D eigenvalue weighted by atomic mass is 9.97. The Bertz CT molecular complexity index is 636. The fourth-order valence-corrected chi connectivity index (χ4v) is 2.67. The van der Waals surface area contributed by atoms with Crippen molar-refractivity contribution in [2.45, 2.75) is 70.4 Å². The van der Waals surface area contributed by atoms with Crippen LogP contribution < -0.4 is 5.32 Å². The highest BCUT2D eigenvalue weighted by Gasteiger charge is 2.32. The van der Waals surface area contributed by atoms with E-state index in [-0.39, 0.29) is 11.2 Å². The number of rotatable bonds is 4. The third-order valence-electron chi connectivity index (χ3n) is 2.85. The minimum atomic E-state index is -3.71. The van der Waals surface area contributed by atoms with Gasteiger partial charge in [0.05, 0.1) is 0 Å². The number of hydrogen-bond donors (Lipinski definition) is 1. The van der Waals surface area contributed by atoms with Crippen LogP contribution in [0.1, 0.15) is 60.2 Å². The van der Waals surface area contributed by atoms with Gasteiger partial charge in [0.15, 0.2) is 15.7 Å². The van der Waals surface area contributed by atoms with Crippen LogP contribution in [0.5, 0.6) is 0 Å². The summed E-state index contributed by atoms with van der Waals surface area (Å²) in [7, 11) is -3.71. The molecule has 22 heavy (non-hydrogen) atoms. The summed E-state index contributed by atoms with van der Waals surface area (Å²) in [5.74, 6) is -0.525. The number of carbonyl (C=O) groups excluding carboxylic acids is 1. The first-order chi connectivity index (χ1) is 9.72. The highest BCUT2D eigenvalue weighted by molar-refractivity contribution is 7.92. The Morgan fingerprint density at radius 3 is 2.18 bits per heavy atom. The monoisotopic (exact) mass is 331 g/mol. The van der Waals surface area contributed by atoms with Crippen LogP contribution in [0.2, 0.25) is 0 Å². The number of hydrogen-bond acceptors (Lipinski definition) is 6. The van der Waals surface area contributed by atoms with Crippen molar-refractivity contribution in [2.75, 3.05) is 0 Å². The lowest BCUT2D eigenvalue weighted by Crippen LogP contribution is -2.47. The molecular weight excluding hydrogens is 306 g/mol. The molecule has 0 fully saturated rings. The first-order valence-electron chi connectivity index (χ1n) is 7.09. The largest absolute Gasteiger partial charge is 0.350 e. The van der Waals surface area contributed by atoms with Crippen LogP contribution in [0.4, 0.5) is 0 Å². The second kappa shape index (κ2) is 5.98.